The zero-order chi connectivity index (χ0) is 18.5. The Morgan fingerprint density at radius 2 is 2.23 bits per heavy atom. The second kappa shape index (κ2) is 8.35. The normalized spacial score (nSPS) is 18.0. The van der Waals surface area contributed by atoms with Gasteiger partial charge in [0, 0.05) is 13.6 Å². The number of amides is 1. The van der Waals surface area contributed by atoms with E-state index in [0.717, 1.165) is 44.3 Å². The molecular weight excluding hydrogens is 342 g/mol. The van der Waals surface area contributed by atoms with Crippen LogP contribution in [0.1, 0.15) is 41.3 Å². The molecule has 1 aromatic heterocycles. The summed E-state index contributed by atoms with van der Waals surface area (Å²) in [5.41, 5.74) is 0.814. The van der Waals surface area contributed by atoms with E-state index in [9.17, 15) is 13.6 Å². The summed E-state index contributed by atoms with van der Waals surface area (Å²) in [6.07, 6.45) is 3.80. The van der Waals surface area contributed by atoms with Crippen molar-refractivity contribution in [3.8, 4) is 0 Å². The van der Waals surface area contributed by atoms with Crippen molar-refractivity contribution in [2.45, 2.75) is 32.2 Å². The van der Waals surface area contributed by atoms with Crippen LogP contribution in [0.2, 0.25) is 0 Å². The number of hydrogen-bond donors (Lipinski definition) is 1. The van der Waals surface area contributed by atoms with E-state index in [4.69, 9.17) is 4.52 Å². The van der Waals surface area contributed by atoms with Crippen LogP contribution in [0.3, 0.4) is 0 Å². The van der Waals surface area contributed by atoms with Crippen molar-refractivity contribution in [3.63, 3.8) is 0 Å². The molecule has 0 bridgehead atoms. The van der Waals surface area contributed by atoms with Gasteiger partial charge in [-0.15, -0.1) is 0 Å². The number of halogens is 2. The Morgan fingerprint density at radius 1 is 1.38 bits per heavy atom. The van der Waals surface area contributed by atoms with E-state index in [1.54, 1.807) is 6.07 Å². The van der Waals surface area contributed by atoms with Crippen molar-refractivity contribution < 1.29 is 18.1 Å². The number of hydrogen-bond acceptors (Lipinski definition) is 5. The molecule has 1 aliphatic rings. The number of nitrogens with zero attached hydrogens (tertiary/aromatic N) is 3. The molecular formula is C18H22F2N4O2. The number of carbonyl (C=O) groups excluding carboxylic acids is 1. The van der Waals surface area contributed by atoms with Gasteiger partial charge in [0.15, 0.2) is 17.5 Å². The van der Waals surface area contributed by atoms with Crippen LogP contribution < -0.4 is 5.32 Å². The molecule has 1 saturated heterocycles. The Morgan fingerprint density at radius 3 is 3.00 bits per heavy atom. The third kappa shape index (κ3) is 4.63. The van der Waals surface area contributed by atoms with Gasteiger partial charge in [-0.2, -0.15) is 4.98 Å². The molecule has 26 heavy (non-hydrogen) atoms. The highest BCUT2D eigenvalue weighted by molar-refractivity contribution is 5.89. The molecule has 0 unspecified atom stereocenters. The first-order chi connectivity index (χ1) is 12.5. The van der Waals surface area contributed by atoms with Crippen LogP contribution in [0.5, 0.6) is 0 Å². The van der Waals surface area contributed by atoms with E-state index in [1.807, 2.05) is 0 Å². The highest BCUT2D eigenvalue weighted by Crippen LogP contribution is 2.23. The maximum atomic E-state index is 13.3. The van der Waals surface area contributed by atoms with Crippen LogP contribution in [0.15, 0.2) is 22.7 Å². The Labute approximate surface area is 150 Å². The molecule has 2 heterocycles. The van der Waals surface area contributed by atoms with E-state index in [2.05, 4.69) is 20.4 Å². The number of piperidine rings is 1. The number of carbonyl (C=O) groups is 1. The van der Waals surface area contributed by atoms with Crippen molar-refractivity contribution in [1.82, 2.24) is 20.4 Å². The van der Waals surface area contributed by atoms with Gasteiger partial charge >= 0.3 is 11.8 Å². The van der Waals surface area contributed by atoms with Crippen molar-refractivity contribution in [1.29, 1.82) is 0 Å². The second-order valence-corrected chi connectivity index (χ2v) is 6.63. The van der Waals surface area contributed by atoms with Gasteiger partial charge in [-0.05, 0) is 55.8 Å². The average Bonchev–Trinajstić information content (AvgIpc) is 3.11. The van der Waals surface area contributed by atoms with Crippen molar-refractivity contribution in [2.75, 3.05) is 20.1 Å². The summed E-state index contributed by atoms with van der Waals surface area (Å²) in [5, 5.41) is 6.30. The number of likely N-dealkylation sites (tertiary alicyclic amines) is 1. The zero-order valence-electron chi connectivity index (χ0n) is 14.7. The van der Waals surface area contributed by atoms with E-state index in [-0.39, 0.29) is 5.89 Å². The maximum absolute atomic E-state index is 13.3. The Kier molecular flexibility index (Phi) is 5.92. The van der Waals surface area contributed by atoms with Gasteiger partial charge in [-0.25, -0.2) is 8.78 Å². The summed E-state index contributed by atoms with van der Waals surface area (Å²) < 4.78 is 31.2. The molecule has 3 rings (SSSR count). The molecule has 2 aromatic rings. The number of rotatable bonds is 6. The lowest BCUT2D eigenvalue weighted by Gasteiger charge is -2.31. The minimum atomic E-state index is -0.811. The first-order valence-electron chi connectivity index (χ1n) is 8.76. The molecule has 1 fully saturated rings. The van der Waals surface area contributed by atoms with Gasteiger partial charge in [0.1, 0.15) is 0 Å². The van der Waals surface area contributed by atoms with Crippen molar-refractivity contribution in [3.05, 3.63) is 47.1 Å². The fraction of sp³-hybridized carbons (Fsp3) is 0.500. The number of aromatic nitrogens is 2. The van der Waals surface area contributed by atoms with Crippen LogP contribution in [0.25, 0.3) is 0 Å². The lowest BCUT2D eigenvalue weighted by Crippen LogP contribution is -2.35. The van der Waals surface area contributed by atoms with Gasteiger partial charge in [0.2, 0.25) is 0 Å². The number of benzene rings is 1. The van der Waals surface area contributed by atoms with Crippen molar-refractivity contribution in [2.24, 2.45) is 5.92 Å². The molecule has 6 nitrogen and oxygen atoms in total. The largest absolute Gasteiger partial charge is 0.351 e. The lowest BCUT2D eigenvalue weighted by atomic mass is 9.91. The third-order valence-corrected chi connectivity index (χ3v) is 4.68. The van der Waals surface area contributed by atoms with Crippen LogP contribution in [0.4, 0.5) is 8.78 Å². The second-order valence-electron chi connectivity index (χ2n) is 6.63. The summed E-state index contributed by atoms with van der Waals surface area (Å²) in [6, 6.07) is 4.09. The highest BCUT2D eigenvalue weighted by Gasteiger charge is 2.22. The van der Waals surface area contributed by atoms with E-state index < -0.39 is 17.5 Å². The van der Waals surface area contributed by atoms with E-state index in [0.29, 0.717) is 18.3 Å². The monoisotopic (exact) mass is 364 g/mol. The molecule has 0 radical (unpaired) electrons. The minimum absolute atomic E-state index is 0.0330. The predicted octanol–water partition coefficient (Wildman–Crippen LogP) is 2.55. The van der Waals surface area contributed by atoms with Crippen LogP contribution >= 0.6 is 0 Å². The maximum Gasteiger partial charge on any atom is 0.315 e. The fourth-order valence-electron chi connectivity index (χ4n) is 3.31. The van der Waals surface area contributed by atoms with Crippen LogP contribution in [-0.2, 0) is 13.0 Å². The van der Waals surface area contributed by atoms with Gasteiger partial charge in [0.05, 0.1) is 6.54 Å². The summed E-state index contributed by atoms with van der Waals surface area (Å²) in [7, 11) is 1.51. The Hall–Kier alpha value is -2.35. The van der Waals surface area contributed by atoms with E-state index >= 15 is 0 Å². The van der Waals surface area contributed by atoms with Crippen molar-refractivity contribution >= 4 is 5.91 Å². The van der Waals surface area contributed by atoms with E-state index in [1.165, 1.54) is 19.2 Å². The molecule has 1 atom stereocenters. The molecule has 1 aromatic carbocycles. The highest BCUT2D eigenvalue weighted by atomic mass is 19.2. The van der Waals surface area contributed by atoms with Gasteiger partial charge in [-0.3, -0.25) is 9.69 Å². The quantitative estimate of drug-likeness (QED) is 0.853. The predicted molar refractivity (Wildman–Crippen MR) is 90.4 cm³/mol. The van der Waals surface area contributed by atoms with Gasteiger partial charge in [0.25, 0.3) is 0 Å². The summed E-state index contributed by atoms with van der Waals surface area (Å²) in [4.78, 5) is 17.8. The van der Waals surface area contributed by atoms with Crippen LogP contribution in [0, 0.1) is 17.6 Å². The SMILES string of the molecule is CNC(=O)c1nc(CN2CCC[C@@H](CCc3ccc(F)c(F)c3)C2)no1. The molecule has 140 valence electrons. The molecule has 0 saturated carbocycles. The van der Waals surface area contributed by atoms with Gasteiger partial charge in [-0.1, -0.05) is 11.2 Å². The molecule has 0 aliphatic carbocycles. The molecule has 1 aliphatic heterocycles. The number of nitrogens with one attached hydrogen (secondary N) is 1. The molecule has 1 N–H and O–H groups in total. The zero-order valence-corrected chi connectivity index (χ0v) is 14.7. The first-order valence-corrected chi connectivity index (χ1v) is 8.76. The minimum Gasteiger partial charge on any atom is -0.351 e. The lowest BCUT2D eigenvalue weighted by molar-refractivity contribution is 0.0919. The van der Waals surface area contributed by atoms with Crippen LogP contribution in [-0.4, -0.2) is 41.1 Å². The smallest absolute Gasteiger partial charge is 0.315 e. The number of aryl methyl sites for hydroxylation is 1. The molecule has 0 spiro atoms. The van der Waals surface area contributed by atoms with Gasteiger partial charge < -0.3 is 9.84 Å². The Balaban J connectivity index is 1.51. The summed E-state index contributed by atoms with van der Waals surface area (Å²) in [6.45, 7) is 2.35. The Bertz CT molecular complexity index is 765. The standard InChI is InChI=1S/C18H22F2N4O2/c1-21-17(25)18-22-16(23-26-18)11-24-8-2-3-13(10-24)5-4-12-6-7-14(19)15(20)9-12/h6-7,9,13H,2-5,8,10-11H2,1H3,(H,21,25)/t13-/m0/s1. The molecule has 8 heteroatoms. The fourth-order valence-corrected chi connectivity index (χ4v) is 3.31. The first kappa shape index (κ1) is 18.4. The third-order valence-electron chi connectivity index (χ3n) is 4.68. The topological polar surface area (TPSA) is 71.3 Å². The summed E-state index contributed by atoms with van der Waals surface area (Å²) in [5.74, 6) is -1.07. The summed E-state index contributed by atoms with van der Waals surface area (Å²) >= 11 is 0. The molecule has 1 amide bonds. The average molecular weight is 364 g/mol.